The Labute approximate surface area is 468 Å². The maximum atomic E-state index is 12.8. The molecular formula is C70H114O6. The second-order valence-corrected chi connectivity index (χ2v) is 20.2. The number of unbranched alkanes of at least 4 members (excludes halogenated alkanes) is 22. The van der Waals surface area contributed by atoms with Crippen LogP contribution in [0.3, 0.4) is 0 Å². The quantitative estimate of drug-likeness (QED) is 0.0261. The van der Waals surface area contributed by atoms with Gasteiger partial charge in [0.15, 0.2) is 6.10 Å². The van der Waals surface area contributed by atoms with Gasteiger partial charge in [0, 0.05) is 19.3 Å². The van der Waals surface area contributed by atoms with Gasteiger partial charge in [-0.2, -0.15) is 0 Å². The molecule has 0 saturated carbocycles. The molecule has 0 bridgehead atoms. The Morgan fingerprint density at radius 3 is 0.855 bits per heavy atom. The van der Waals surface area contributed by atoms with Gasteiger partial charge >= 0.3 is 17.9 Å². The summed E-state index contributed by atoms with van der Waals surface area (Å²) >= 11 is 0. The van der Waals surface area contributed by atoms with E-state index >= 15 is 0 Å². The second-order valence-electron chi connectivity index (χ2n) is 20.2. The summed E-state index contributed by atoms with van der Waals surface area (Å²) in [4.78, 5) is 38.1. The minimum atomic E-state index is -0.821. The van der Waals surface area contributed by atoms with E-state index in [1.807, 2.05) is 6.08 Å². The summed E-state index contributed by atoms with van der Waals surface area (Å²) in [5.41, 5.74) is 0. The molecule has 76 heavy (non-hydrogen) atoms. The lowest BCUT2D eigenvalue weighted by Gasteiger charge is -2.18. The predicted octanol–water partition coefficient (Wildman–Crippen LogP) is 21.4. The Kier molecular flexibility index (Phi) is 59.4. The zero-order valence-corrected chi connectivity index (χ0v) is 49.2. The number of ether oxygens (including phenoxy) is 3. The van der Waals surface area contributed by atoms with Crippen LogP contribution in [0.15, 0.2) is 134 Å². The molecule has 0 aromatic heterocycles. The van der Waals surface area contributed by atoms with Crippen molar-refractivity contribution in [2.75, 3.05) is 13.2 Å². The van der Waals surface area contributed by atoms with Gasteiger partial charge in [-0.05, 0) is 103 Å². The first kappa shape index (κ1) is 71.5. The van der Waals surface area contributed by atoms with Crippen molar-refractivity contribution in [2.24, 2.45) is 0 Å². The Morgan fingerprint density at radius 1 is 0.276 bits per heavy atom. The van der Waals surface area contributed by atoms with E-state index in [9.17, 15) is 14.4 Å². The lowest BCUT2D eigenvalue weighted by molar-refractivity contribution is -0.166. The molecule has 0 aromatic rings. The average Bonchev–Trinajstić information content (AvgIpc) is 3.42. The molecule has 1 unspecified atom stereocenters. The summed E-state index contributed by atoms with van der Waals surface area (Å²) in [5, 5.41) is 0. The monoisotopic (exact) mass is 1050 g/mol. The van der Waals surface area contributed by atoms with E-state index in [1.54, 1.807) is 0 Å². The van der Waals surface area contributed by atoms with Gasteiger partial charge in [-0.15, -0.1) is 0 Å². The number of esters is 3. The molecule has 6 nitrogen and oxygen atoms in total. The maximum absolute atomic E-state index is 12.8. The smallest absolute Gasteiger partial charge is 0.306 e. The number of hydrogen-bond acceptors (Lipinski definition) is 6. The Bertz CT molecular complexity index is 1630. The zero-order chi connectivity index (χ0) is 55.0. The maximum Gasteiger partial charge on any atom is 0.306 e. The van der Waals surface area contributed by atoms with E-state index in [1.165, 1.54) is 116 Å². The molecule has 0 N–H and O–H groups in total. The fourth-order valence-corrected chi connectivity index (χ4v) is 8.32. The SMILES string of the molecule is CC/C=C\C/C=C\C/C=C\C/C=C\C/C=C\C/C=C\CCC(=O)OC(COC(=O)CCCCCCCCCCCC)COC(=O)CCCCCCCCCCCCCCC/C=C\C/C=C\C/C=C\C/C=C\C/C=C\CC. The van der Waals surface area contributed by atoms with Gasteiger partial charge < -0.3 is 14.2 Å². The van der Waals surface area contributed by atoms with Crippen molar-refractivity contribution in [3.63, 3.8) is 0 Å². The van der Waals surface area contributed by atoms with Crippen molar-refractivity contribution in [1.82, 2.24) is 0 Å². The molecule has 0 spiro atoms. The minimum absolute atomic E-state index is 0.109. The highest BCUT2D eigenvalue weighted by atomic mass is 16.6. The molecule has 0 aliphatic rings. The van der Waals surface area contributed by atoms with Crippen LogP contribution in [0.25, 0.3) is 0 Å². The molecule has 0 amide bonds. The molecule has 0 aliphatic heterocycles. The van der Waals surface area contributed by atoms with E-state index in [0.717, 1.165) is 109 Å². The van der Waals surface area contributed by atoms with Crippen LogP contribution >= 0.6 is 0 Å². The summed E-state index contributed by atoms with van der Waals surface area (Å²) < 4.78 is 16.8. The van der Waals surface area contributed by atoms with Crippen LogP contribution in [0.4, 0.5) is 0 Å². The van der Waals surface area contributed by atoms with Crippen LogP contribution in [-0.4, -0.2) is 37.2 Å². The van der Waals surface area contributed by atoms with Crippen LogP contribution in [0.5, 0.6) is 0 Å². The number of hydrogen-bond donors (Lipinski definition) is 0. The first-order valence-electron chi connectivity index (χ1n) is 31.2. The Hall–Kier alpha value is -4.45. The fraction of sp³-hybridized carbons (Fsp3) is 0.643. The number of rotatable bonds is 55. The summed E-state index contributed by atoms with van der Waals surface area (Å²) in [5.74, 6) is -0.996. The molecular weight excluding hydrogens is 937 g/mol. The second kappa shape index (κ2) is 63.1. The van der Waals surface area contributed by atoms with E-state index in [2.05, 4.69) is 148 Å². The molecule has 0 aromatic carbocycles. The Balaban J connectivity index is 4.31. The standard InChI is InChI=1S/C70H114O6/c1-4-7-10-13-16-19-22-24-26-28-30-31-32-33-34-35-36-37-38-39-41-42-44-46-48-51-54-57-60-63-69(72)75-66-67(65-74-68(71)62-59-56-53-50-21-18-15-12-9-6-3)76-70(73)64-61-58-55-52-49-47-45-43-40-29-27-25-23-20-17-14-11-8-5-2/h7-8,10-11,16-17,19-20,24-27,30-31,33-34,40,43,47,49,55,58,67H,4-6,9,12-15,18,21-23,28-29,32,35-39,41-42,44-46,48,50-54,56-57,59-66H2,1-3H3/b10-7-,11-8-,19-16-,20-17-,26-24-,27-25-,31-30-,34-33-,43-40-,49-47-,58-55-. The number of allylic oxidation sites excluding steroid dienone is 22. The molecule has 0 saturated heterocycles. The Morgan fingerprint density at radius 2 is 0.539 bits per heavy atom. The lowest BCUT2D eigenvalue weighted by Crippen LogP contribution is -2.30. The van der Waals surface area contributed by atoms with E-state index in [4.69, 9.17) is 14.2 Å². The fourth-order valence-electron chi connectivity index (χ4n) is 8.32. The third-order valence-electron chi connectivity index (χ3n) is 12.9. The molecule has 0 heterocycles. The molecule has 6 heteroatoms. The third-order valence-corrected chi connectivity index (χ3v) is 12.9. The highest BCUT2D eigenvalue weighted by molar-refractivity contribution is 5.71. The lowest BCUT2D eigenvalue weighted by atomic mass is 10.0. The third kappa shape index (κ3) is 60.4. The number of carbonyl (C=O) groups excluding carboxylic acids is 3. The number of carbonyl (C=O) groups is 3. The molecule has 430 valence electrons. The van der Waals surface area contributed by atoms with Gasteiger partial charge in [0.2, 0.25) is 0 Å². The first-order valence-corrected chi connectivity index (χ1v) is 31.2. The largest absolute Gasteiger partial charge is 0.462 e. The van der Waals surface area contributed by atoms with E-state index < -0.39 is 12.1 Å². The van der Waals surface area contributed by atoms with Gasteiger partial charge in [0.05, 0.1) is 0 Å². The van der Waals surface area contributed by atoms with Gasteiger partial charge in [-0.3, -0.25) is 14.4 Å². The van der Waals surface area contributed by atoms with Crippen LogP contribution < -0.4 is 0 Å². The summed E-state index contributed by atoms with van der Waals surface area (Å²) in [6, 6.07) is 0. The normalized spacial score (nSPS) is 13.0. The summed E-state index contributed by atoms with van der Waals surface area (Å²) in [6.07, 6.45) is 89.1. The summed E-state index contributed by atoms with van der Waals surface area (Å²) in [6.45, 7) is 6.34. The van der Waals surface area contributed by atoms with E-state index in [0.29, 0.717) is 19.3 Å². The molecule has 0 aliphatic carbocycles. The molecule has 0 fully saturated rings. The molecule has 1 atom stereocenters. The van der Waals surface area contributed by atoms with Crippen molar-refractivity contribution in [3.05, 3.63) is 134 Å². The van der Waals surface area contributed by atoms with Crippen LogP contribution in [0.1, 0.15) is 271 Å². The first-order chi connectivity index (χ1) is 37.5. The summed E-state index contributed by atoms with van der Waals surface area (Å²) in [7, 11) is 0. The highest BCUT2D eigenvalue weighted by Gasteiger charge is 2.19. The zero-order valence-electron chi connectivity index (χ0n) is 49.2. The highest BCUT2D eigenvalue weighted by Crippen LogP contribution is 2.15. The molecule has 0 radical (unpaired) electrons. The van der Waals surface area contributed by atoms with Gasteiger partial charge in [-0.1, -0.05) is 283 Å². The topological polar surface area (TPSA) is 78.9 Å². The predicted molar refractivity (Wildman–Crippen MR) is 329 cm³/mol. The van der Waals surface area contributed by atoms with Crippen molar-refractivity contribution in [2.45, 2.75) is 277 Å². The van der Waals surface area contributed by atoms with Crippen molar-refractivity contribution in [3.8, 4) is 0 Å². The van der Waals surface area contributed by atoms with Crippen LogP contribution in [-0.2, 0) is 28.6 Å². The average molecular weight is 1050 g/mol. The van der Waals surface area contributed by atoms with Gasteiger partial charge in [0.1, 0.15) is 13.2 Å². The minimum Gasteiger partial charge on any atom is -0.462 e. The van der Waals surface area contributed by atoms with Crippen LogP contribution in [0, 0.1) is 0 Å². The molecule has 0 rings (SSSR count). The van der Waals surface area contributed by atoms with Crippen molar-refractivity contribution in [1.29, 1.82) is 0 Å². The van der Waals surface area contributed by atoms with Gasteiger partial charge in [-0.25, -0.2) is 0 Å². The van der Waals surface area contributed by atoms with Crippen LogP contribution in [0.2, 0.25) is 0 Å². The van der Waals surface area contributed by atoms with E-state index in [-0.39, 0.29) is 31.6 Å². The van der Waals surface area contributed by atoms with Crippen molar-refractivity contribution < 1.29 is 28.6 Å². The van der Waals surface area contributed by atoms with Gasteiger partial charge in [0.25, 0.3) is 0 Å². The van der Waals surface area contributed by atoms with Crippen molar-refractivity contribution >= 4 is 17.9 Å².